The van der Waals surface area contributed by atoms with Gasteiger partial charge in [0.2, 0.25) is 0 Å². The topological polar surface area (TPSA) is 9.23 Å². The first-order valence-electron chi connectivity index (χ1n) is 13.6. The summed E-state index contributed by atoms with van der Waals surface area (Å²) in [5, 5.41) is 0. The van der Waals surface area contributed by atoms with E-state index in [1.54, 1.807) is 7.11 Å². The Labute approximate surface area is 242 Å². The van der Waals surface area contributed by atoms with Crippen molar-refractivity contribution in [3.63, 3.8) is 0 Å². The van der Waals surface area contributed by atoms with Crippen molar-refractivity contribution in [2.45, 2.75) is 5.41 Å². The second kappa shape index (κ2) is 8.81. The summed E-state index contributed by atoms with van der Waals surface area (Å²) in [6.07, 6.45) is 0. The normalized spacial score (nSPS) is 13.4. The van der Waals surface area contributed by atoms with Crippen molar-refractivity contribution in [2.24, 2.45) is 0 Å². The van der Waals surface area contributed by atoms with E-state index in [1.165, 1.54) is 66.8 Å². The van der Waals surface area contributed by atoms with Gasteiger partial charge in [-0.25, -0.2) is 0 Å². The first-order valence-corrected chi connectivity index (χ1v) is 14.4. The summed E-state index contributed by atoms with van der Waals surface area (Å²) in [5.41, 5.74) is 15.0. The maximum absolute atomic E-state index is 5.64. The van der Waals surface area contributed by atoms with Crippen LogP contribution >= 0.6 is 15.9 Å². The van der Waals surface area contributed by atoms with Crippen LogP contribution in [0.3, 0.4) is 0 Å². The number of methoxy groups -OCH3 is 1. The van der Waals surface area contributed by atoms with Crippen LogP contribution in [0.25, 0.3) is 44.5 Å². The second-order valence-corrected chi connectivity index (χ2v) is 11.5. The van der Waals surface area contributed by atoms with E-state index in [-0.39, 0.29) is 5.41 Å². The molecule has 2 aliphatic carbocycles. The summed E-state index contributed by atoms with van der Waals surface area (Å²) < 4.78 is 6.74. The van der Waals surface area contributed by atoms with Gasteiger partial charge in [-0.05, 0) is 97.1 Å². The standard InChI is InChI=1S/C38H25BrO/c1-40-27-17-20-28(33(23-27)24-9-3-2-4-10-24)25-15-18-31-32-19-16-26(39)22-37(32)38(36(31)21-25)34-13-7-5-11-29(34)30-12-6-8-14-35(30)38/h2-23H,1H3. The van der Waals surface area contributed by atoms with E-state index in [0.717, 1.165) is 10.2 Å². The number of hydrogen-bond donors (Lipinski definition) is 0. The molecule has 40 heavy (non-hydrogen) atoms. The third-order valence-corrected chi connectivity index (χ3v) is 9.17. The Morgan fingerprint density at radius 2 is 1.02 bits per heavy atom. The fourth-order valence-electron chi connectivity index (χ4n) is 7.04. The van der Waals surface area contributed by atoms with E-state index < -0.39 is 0 Å². The van der Waals surface area contributed by atoms with Gasteiger partial charge >= 0.3 is 0 Å². The smallest absolute Gasteiger partial charge is 0.119 e. The largest absolute Gasteiger partial charge is 0.497 e. The molecule has 0 N–H and O–H groups in total. The van der Waals surface area contributed by atoms with Gasteiger partial charge in [0.05, 0.1) is 12.5 Å². The third-order valence-electron chi connectivity index (χ3n) is 8.67. The zero-order valence-electron chi connectivity index (χ0n) is 22.0. The SMILES string of the molecule is COc1ccc(-c2ccc3c(c2)C2(c4ccccc4-c4ccccc42)c2cc(Br)ccc2-3)c(-c2ccccc2)c1. The lowest BCUT2D eigenvalue weighted by molar-refractivity contribution is 0.415. The van der Waals surface area contributed by atoms with Crippen LogP contribution in [-0.4, -0.2) is 7.11 Å². The number of halogens is 1. The molecule has 0 saturated heterocycles. The van der Waals surface area contributed by atoms with E-state index >= 15 is 0 Å². The van der Waals surface area contributed by atoms with E-state index in [2.05, 4.69) is 149 Å². The maximum Gasteiger partial charge on any atom is 0.119 e. The lowest BCUT2D eigenvalue weighted by atomic mass is 9.70. The summed E-state index contributed by atoms with van der Waals surface area (Å²) in [4.78, 5) is 0. The molecule has 0 fully saturated rings. The molecule has 0 radical (unpaired) electrons. The van der Waals surface area contributed by atoms with Gasteiger partial charge in [0.1, 0.15) is 5.75 Å². The van der Waals surface area contributed by atoms with Gasteiger partial charge in [-0.15, -0.1) is 0 Å². The summed E-state index contributed by atoms with van der Waals surface area (Å²) in [6.45, 7) is 0. The quantitative estimate of drug-likeness (QED) is 0.203. The summed E-state index contributed by atoms with van der Waals surface area (Å²) >= 11 is 3.81. The van der Waals surface area contributed by atoms with Gasteiger partial charge < -0.3 is 4.74 Å². The molecule has 2 aliphatic rings. The average molecular weight is 578 g/mol. The monoisotopic (exact) mass is 576 g/mol. The zero-order valence-corrected chi connectivity index (χ0v) is 23.6. The van der Waals surface area contributed by atoms with Crippen LogP contribution in [-0.2, 0) is 5.41 Å². The van der Waals surface area contributed by atoms with Crippen molar-refractivity contribution in [3.8, 4) is 50.3 Å². The Hall–Kier alpha value is -4.40. The van der Waals surface area contributed by atoms with Crippen LogP contribution in [0.5, 0.6) is 5.75 Å². The van der Waals surface area contributed by atoms with Gasteiger partial charge in [0, 0.05) is 4.47 Å². The Bertz CT molecular complexity index is 1910. The molecule has 0 atom stereocenters. The number of fused-ring (bicyclic) bond motifs is 10. The molecular weight excluding hydrogens is 552 g/mol. The molecule has 6 aromatic carbocycles. The van der Waals surface area contributed by atoms with Crippen LogP contribution in [0, 0.1) is 0 Å². The van der Waals surface area contributed by atoms with Crippen molar-refractivity contribution in [1.29, 1.82) is 0 Å². The molecule has 0 saturated carbocycles. The zero-order chi connectivity index (χ0) is 26.8. The summed E-state index contributed by atoms with van der Waals surface area (Å²) in [7, 11) is 1.73. The molecule has 0 bridgehead atoms. The Morgan fingerprint density at radius 3 is 1.73 bits per heavy atom. The number of ether oxygens (including phenoxy) is 1. The Balaban J connectivity index is 1.45. The van der Waals surface area contributed by atoms with Crippen LogP contribution in [0.4, 0.5) is 0 Å². The van der Waals surface area contributed by atoms with E-state index in [9.17, 15) is 0 Å². The molecule has 6 aromatic rings. The van der Waals surface area contributed by atoms with Gasteiger partial charge in [0.15, 0.2) is 0 Å². The van der Waals surface area contributed by atoms with E-state index in [4.69, 9.17) is 4.74 Å². The van der Waals surface area contributed by atoms with Gasteiger partial charge in [-0.2, -0.15) is 0 Å². The van der Waals surface area contributed by atoms with Crippen molar-refractivity contribution in [1.82, 2.24) is 0 Å². The minimum Gasteiger partial charge on any atom is -0.497 e. The molecule has 8 rings (SSSR count). The van der Waals surface area contributed by atoms with Gasteiger partial charge in [-0.1, -0.05) is 119 Å². The first kappa shape index (κ1) is 23.5. The average Bonchev–Trinajstić information content (AvgIpc) is 3.47. The number of benzene rings is 6. The lowest BCUT2D eigenvalue weighted by Gasteiger charge is -2.31. The molecule has 2 heteroatoms. The number of hydrogen-bond acceptors (Lipinski definition) is 1. The highest BCUT2D eigenvalue weighted by Gasteiger charge is 2.51. The van der Waals surface area contributed by atoms with Gasteiger partial charge in [-0.3, -0.25) is 0 Å². The molecular formula is C38H25BrO. The second-order valence-electron chi connectivity index (χ2n) is 10.6. The first-order chi connectivity index (χ1) is 19.7. The fraction of sp³-hybridized carbons (Fsp3) is 0.0526. The van der Waals surface area contributed by atoms with E-state index in [0.29, 0.717) is 0 Å². The third kappa shape index (κ3) is 3.14. The summed E-state index contributed by atoms with van der Waals surface area (Å²) in [6, 6.07) is 48.7. The molecule has 0 aliphatic heterocycles. The predicted molar refractivity (Wildman–Crippen MR) is 168 cm³/mol. The Morgan fingerprint density at radius 1 is 0.450 bits per heavy atom. The van der Waals surface area contributed by atoms with Crippen LogP contribution in [0.15, 0.2) is 138 Å². The van der Waals surface area contributed by atoms with Crippen molar-refractivity contribution >= 4 is 15.9 Å². The number of rotatable bonds is 3. The van der Waals surface area contributed by atoms with Crippen molar-refractivity contribution < 1.29 is 4.74 Å². The Kier molecular flexibility index (Phi) is 5.17. The van der Waals surface area contributed by atoms with Crippen LogP contribution < -0.4 is 4.74 Å². The molecule has 1 nitrogen and oxygen atoms in total. The molecule has 1 spiro atoms. The van der Waals surface area contributed by atoms with Crippen LogP contribution in [0.1, 0.15) is 22.3 Å². The molecule has 0 heterocycles. The highest BCUT2D eigenvalue weighted by molar-refractivity contribution is 9.10. The summed E-state index contributed by atoms with van der Waals surface area (Å²) in [5.74, 6) is 0.858. The molecule has 0 unspecified atom stereocenters. The van der Waals surface area contributed by atoms with E-state index in [1.807, 2.05) is 0 Å². The minimum absolute atomic E-state index is 0.378. The van der Waals surface area contributed by atoms with Crippen LogP contribution in [0.2, 0.25) is 0 Å². The lowest BCUT2D eigenvalue weighted by Crippen LogP contribution is -2.25. The predicted octanol–water partition coefficient (Wildman–Crippen LogP) is 10.1. The maximum atomic E-state index is 5.64. The van der Waals surface area contributed by atoms with Crippen molar-refractivity contribution in [3.05, 3.63) is 160 Å². The molecule has 190 valence electrons. The van der Waals surface area contributed by atoms with Crippen molar-refractivity contribution in [2.75, 3.05) is 7.11 Å². The molecule has 0 amide bonds. The fourth-order valence-corrected chi connectivity index (χ4v) is 7.40. The van der Waals surface area contributed by atoms with Gasteiger partial charge in [0.25, 0.3) is 0 Å². The highest BCUT2D eigenvalue weighted by atomic mass is 79.9. The highest BCUT2D eigenvalue weighted by Crippen LogP contribution is 2.63. The molecule has 0 aromatic heterocycles. The minimum atomic E-state index is -0.378.